The van der Waals surface area contributed by atoms with E-state index in [1.807, 2.05) is 30.5 Å². The Morgan fingerprint density at radius 2 is 1.64 bits per heavy atom. The topological polar surface area (TPSA) is 34.0 Å². The lowest BCUT2D eigenvalue weighted by atomic mass is 9.90. The third-order valence-corrected chi connectivity index (χ3v) is 5.20. The zero-order chi connectivity index (χ0) is 19.0. The van der Waals surface area contributed by atoms with Crippen LogP contribution in [0.1, 0.15) is 40.2 Å². The Labute approximate surface area is 166 Å². The molecule has 3 aromatic rings. The van der Waals surface area contributed by atoms with Gasteiger partial charge in [0.2, 0.25) is 0 Å². The maximum atomic E-state index is 13.0. The van der Waals surface area contributed by atoms with Crippen LogP contribution in [-0.4, -0.2) is 23.6 Å². The minimum Gasteiger partial charge on any atom is -0.317 e. The SMILES string of the molecule is Cl.O=C(c1ccc(C(F)(F)F)cc1)n1cc(C2CCNCC2)c2ccccc21. The van der Waals surface area contributed by atoms with E-state index in [0.717, 1.165) is 54.5 Å². The van der Waals surface area contributed by atoms with Crippen LogP contribution in [0.3, 0.4) is 0 Å². The molecular formula is C21H20ClF3N2O. The summed E-state index contributed by atoms with van der Waals surface area (Å²) in [5.41, 5.74) is 1.40. The zero-order valence-electron chi connectivity index (χ0n) is 15.0. The van der Waals surface area contributed by atoms with Crippen LogP contribution in [0, 0.1) is 0 Å². The molecule has 0 saturated carbocycles. The number of hydrogen-bond donors (Lipinski definition) is 1. The Hall–Kier alpha value is -2.31. The van der Waals surface area contributed by atoms with E-state index in [0.29, 0.717) is 5.92 Å². The summed E-state index contributed by atoms with van der Waals surface area (Å²) in [5.74, 6) is 0.0536. The smallest absolute Gasteiger partial charge is 0.317 e. The standard InChI is InChI=1S/C21H19F3N2O.ClH/c22-21(23,24)16-7-5-15(6-8-16)20(27)26-13-18(14-9-11-25-12-10-14)17-3-1-2-4-19(17)26;/h1-8,13-14,25H,9-12H2;1H. The Kier molecular flexibility index (Phi) is 5.82. The van der Waals surface area contributed by atoms with Gasteiger partial charge in [0.15, 0.2) is 0 Å². The largest absolute Gasteiger partial charge is 0.416 e. The average Bonchev–Trinajstić information content (AvgIpc) is 3.07. The first-order valence-corrected chi connectivity index (χ1v) is 8.98. The predicted molar refractivity (Wildman–Crippen MR) is 105 cm³/mol. The normalized spacial score (nSPS) is 15.4. The number of nitrogens with zero attached hydrogens (tertiary/aromatic N) is 1. The predicted octanol–water partition coefficient (Wildman–Crippen LogP) is 5.24. The van der Waals surface area contributed by atoms with Crippen molar-refractivity contribution in [3.8, 4) is 0 Å². The van der Waals surface area contributed by atoms with Crippen LogP contribution >= 0.6 is 12.4 Å². The highest BCUT2D eigenvalue weighted by Crippen LogP contribution is 2.34. The van der Waals surface area contributed by atoms with Gasteiger partial charge in [-0.2, -0.15) is 13.2 Å². The molecule has 1 aromatic heterocycles. The lowest BCUT2D eigenvalue weighted by Gasteiger charge is -2.22. The molecule has 2 heterocycles. The summed E-state index contributed by atoms with van der Waals surface area (Å²) in [4.78, 5) is 13.0. The second kappa shape index (κ2) is 7.97. The Bertz CT molecular complexity index is 973. The van der Waals surface area contributed by atoms with Crippen LogP contribution in [0.15, 0.2) is 54.7 Å². The van der Waals surface area contributed by atoms with Gasteiger partial charge in [0.05, 0.1) is 11.1 Å². The van der Waals surface area contributed by atoms with Gasteiger partial charge in [-0.15, -0.1) is 12.4 Å². The Morgan fingerprint density at radius 3 is 2.29 bits per heavy atom. The van der Waals surface area contributed by atoms with Gasteiger partial charge in [-0.05, 0) is 67.7 Å². The molecule has 1 aliphatic heterocycles. The summed E-state index contributed by atoms with van der Waals surface area (Å²) in [6.45, 7) is 1.88. The molecule has 0 aliphatic carbocycles. The number of carbonyl (C=O) groups excluding carboxylic acids is 1. The van der Waals surface area contributed by atoms with Crippen LogP contribution in [0.4, 0.5) is 13.2 Å². The van der Waals surface area contributed by atoms with Crippen LogP contribution in [0.2, 0.25) is 0 Å². The molecule has 0 spiro atoms. The van der Waals surface area contributed by atoms with E-state index in [1.54, 1.807) is 4.57 Å². The third-order valence-electron chi connectivity index (χ3n) is 5.20. The van der Waals surface area contributed by atoms with E-state index in [9.17, 15) is 18.0 Å². The molecule has 1 fully saturated rings. The molecule has 28 heavy (non-hydrogen) atoms. The molecule has 1 aliphatic rings. The fourth-order valence-corrected chi connectivity index (χ4v) is 3.77. The van der Waals surface area contributed by atoms with E-state index in [1.165, 1.54) is 12.1 Å². The van der Waals surface area contributed by atoms with E-state index >= 15 is 0 Å². The number of piperidine rings is 1. The van der Waals surface area contributed by atoms with E-state index < -0.39 is 11.7 Å². The molecule has 0 bridgehead atoms. The molecule has 3 nitrogen and oxygen atoms in total. The van der Waals surface area contributed by atoms with Crippen LogP contribution in [-0.2, 0) is 6.18 Å². The van der Waals surface area contributed by atoms with Crippen molar-refractivity contribution in [1.82, 2.24) is 9.88 Å². The van der Waals surface area contributed by atoms with Gasteiger partial charge < -0.3 is 5.32 Å². The fourth-order valence-electron chi connectivity index (χ4n) is 3.77. The molecule has 0 radical (unpaired) electrons. The number of nitrogens with one attached hydrogen (secondary N) is 1. The van der Waals surface area contributed by atoms with Gasteiger partial charge in [0, 0.05) is 17.1 Å². The minimum atomic E-state index is -4.41. The number of aromatic nitrogens is 1. The van der Waals surface area contributed by atoms with Crippen molar-refractivity contribution >= 4 is 29.2 Å². The zero-order valence-corrected chi connectivity index (χ0v) is 15.8. The van der Waals surface area contributed by atoms with Crippen LogP contribution < -0.4 is 5.32 Å². The van der Waals surface area contributed by atoms with Crippen LogP contribution in [0.5, 0.6) is 0 Å². The molecule has 0 atom stereocenters. The Morgan fingerprint density at radius 1 is 1.00 bits per heavy atom. The second-order valence-electron chi connectivity index (χ2n) is 6.88. The summed E-state index contributed by atoms with van der Waals surface area (Å²) < 4.78 is 39.9. The highest BCUT2D eigenvalue weighted by atomic mass is 35.5. The van der Waals surface area contributed by atoms with Gasteiger partial charge in [-0.1, -0.05) is 18.2 Å². The van der Waals surface area contributed by atoms with Crippen molar-refractivity contribution in [3.63, 3.8) is 0 Å². The molecule has 2 aromatic carbocycles. The number of halogens is 4. The summed E-state index contributed by atoms with van der Waals surface area (Å²) in [5, 5.41) is 4.37. The molecule has 0 amide bonds. The number of rotatable bonds is 2. The second-order valence-corrected chi connectivity index (χ2v) is 6.88. The third kappa shape index (κ3) is 3.80. The van der Waals surface area contributed by atoms with E-state index in [2.05, 4.69) is 5.32 Å². The first-order chi connectivity index (χ1) is 12.9. The molecule has 0 unspecified atom stereocenters. The maximum Gasteiger partial charge on any atom is 0.416 e. The maximum absolute atomic E-state index is 13.0. The number of para-hydroxylation sites is 1. The van der Waals surface area contributed by atoms with Crippen molar-refractivity contribution in [2.45, 2.75) is 24.9 Å². The van der Waals surface area contributed by atoms with Gasteiger partial charge in [-0.25, -0.2) is 0 Å². The molecular weight excluding hydrogens is 389 g/mol. The molecule has 1 N–H and O–H groups in total. The number of carbonyl (C=O) groups is 1. The van der Waals surface area contributed by atoms with Gasteiger partial charge in [0.1, 0.15) is 0 Å². The van der Waals surface area contributed by atoms with Crippen molar-refractivity contribution in [3.05, 3.63) is 71.4 Å². The number of fused-ring (bicyclic) bond motifs is 1. The number of alkyl halides is 3. The van der Waals surface area contributed by atoms with E-state index in [4.69, 9.17) is 0 Å². The lowest BCUT2D eigenvalue weighted by molar-refractivity contribution is -0.137. The fraction of sp³-hybridized carbons (Fsp3) is 0.286. The van der Waals surface area contributed by atoms with Gasteiger partial charge in [-0.3, -0.25) is 9.36 Å². The molecule has 148 valence electrons. The van der Waals surface area contributed by atoms with Crippen molar-refractivity contribution in [2.75, 3.05) is 13.1 Å². The highest BCUT2D eigenvalue weighted by molar-refractivity contribution is 6.03. The van der Waals surface area contributed by atoms with E-state index in [-0.39, 0.29) is 23.9 Å². The summed E-state index contributed by atoms with van der Waals surface area (Å²) in [6.07, 6.45) is -0.546. The average molecular weight is 409 g/mol. The first-order valence-electron chi connectivity index (χ1n) is 8.98. The van der Waals surface area contributed by atoms with Gasteiger partial charge in [0.25, 0.3) is 5.91 Å². The monoisotopic (exact) mass is 408 g/mol. The van der Waals surface area contributed by atoms with Crippen molar-refractivity contribution in [2.24, 2.45) is 0 Å². The molecule has 1 saturated heterocycles. The highest BCUT2D eigenvalue weighted by Gasteiger charge is 2.30. The molecule has 4 rings (SSSR count). The summed E-state index contributed by atoms with van der Waals surface area (Å²) in [7, 11) is 0. The Balaban J connectivity index is 0.00000225. The minimum absolute atomic E-state index is 0. The summed E-state index contributed by atoms with van der Waals surface area (Å²) >= 11 is 0. The summed E-state index contributed by atoms with van der Waals surface area (Å²) in [6, 6.07) is 12.1. The number of benzene rings is 2. The number of hydrogen-bond acceptors (Lipinski definition) is 2. The van der Waals surface area contributed by atoms with Gasteiger partial charge >= 0.3 is 6.18 Å². The first kappa shape index (κ1) is 20.4. The molecule has 7 heteroatoms. The van der Waals surface area contributed by atoms with Crippen molar-refractivity contribution < 1.29 is 18.0 Å². The lowest BCUT2D eigenvalue weighted by Crippen LogP contribution is -2.26. The quantitative estimate of drug-likeness (QED) is 0.629. The van der Waals surface area contributed by atoms with Crippen molar-refractivity contribution in [1.29, 1.82) is 0 Å². The van der Waals surface area contributed by atoms with Crippen LogP contribution in [0.25, 0.3) is 10.9 Å².